The molecular weight excluding hydrogens is 268 g/mol. The number of nitrogens with zero attached hydrogens (tertiary/aromatic N) is 1. The van der Waals surface area contributed by atoms with Crippen LogP contribution >= 0.6 is 0 Å². The first-order chi connectivity index (χ1) is 9.47. The third kappa shape index (κ3) is 2.77. The molecule has 2 aromatic heterocycles. The molecule has 0 fully saturated rings. The Morgan fingerprint density at radius 3 is 2.65 bits per heavy atom. The SMILES string of the molecule is O=C(Nc1cnccc1C(=O)O)c1cc(=O)[nH]c(=O)[nH]1. The number of pyridine rings is 1. The average Bonchev–Trinajstić information content (AvgIpc) is 2.37. The molecule has 2 aromatic rings. The highest BCUT2D eigenvalue weighted by Gasteiger charge is 2.14. The van der Waals surface area contributed by atoms with E-state index in [1.807, 2.05) is 4.98 Å². The van der Waals surface area contributed by atoms with Gasteiger partial charge in [0.25, 0.3) is 11.5 Å². The molecule has 0 atom stereocenters. The van der Waals surface area contributed by atoms with Gasteiger partial charge in [0.15, 0.2) is 0 Å². The number of carbonyl (C=O) groups is 2. The van der Waals surface area contributed by atoms with Crippen LogP contribution in [0.15, 0.2) is 34.1 Å². The molecule has 1 amide bonds. The molecule has 20 heavy (non-hydrogen) atoms. The number of rotatable bonds is 3. The van der Waals surface area contributed by atoms with Crippen molar-refractivity contribution in [2.75, 3.05) is 5.32 Å². The molecule has 0 saturated heterocycles. The summed E-state index contributed by atoms with van der Waals surface area (Å²) in [5.74, 6) is -2.08. The minimum absolute atomic E-state index is 0.0499. The fourth-order valence-corrected chi connectivity index (χ4v) is 1.46. The number of aromatic amines is 2. The van der Waals surface area contributed by atoms with E-state index >= 15 is 0 Å². The number of hydrogen-bond acceptors (Lipinski definition) is 5. The van der Waals surface area contributed by atoms with E-state index in [0.29, 0.717) is 0 Å². The fraction of sp³-hybridized carbons (Fsp3) is 0. The van der Waals surface area contributed by atoms with Gasteiger partial charge < -0.3 is 15.4 Å². The van der Waals surface area contributed by atoms with E-state index < -0.39 is 23.1 Å². The number of hydrogen-bond donors (Lipinski definition) is 4. The van der Waals surface area contributed by atoms with E-state index in [0.717, 1.165) is 12.3 Å². The highest BCUT2D eigenvalue weighted by Crippen LogP contribution is 2.13. The molecule has 2 rings (SSSR count). The number of carbonyl (C=O) groups excluding carboxylic acids is 1. The van der Waals surface area contributed by atoms with Gasteiger partial charge in [-0.1, -0.05) is 0 Å². The molecule has 0 aliphatic heterocycles. The second-order valence-electron chi connectivity index (χ2n) is 3.68. The van der Waals surface area contributed by atoms with Gasteiger partial charge >= 0.3 is 11.7 Å². The molecule has 0 unspecified atom stereocenters. The molecule has 0 radical (unpaired) electrons. The monoisotopic (exact) mass is 276 g/mol. The average molecular weight is 276 g/mol. The first-order valence-corrected chi connectivity index (χ1v) is 5.29. The molecule has 2 heterocycles. The third-order valence-corrected chi connectivity index (χ3v) is 2.30. The van der Waals surface area contributed by atoms with E-state index in [1.54, 1.807) is 0 Å². The number of carboxylic acids is 1. The van der Waals surface area contributed by atoms with E-state index in [2.05, 4.69) is 15.3 Å². The summed E-state index contributed by atoms with van der Waals surface area (Å²) < 4.78 is 0. The van der Waals surface area contributed by atoms with Gasteiger partial charge in [0.05, 0.1) is 17.4 Å². The van der Waals surface area contributed by atoms with Crippen molar-refractivity contribution in [1.29, 1.82) is 0 Å². The van der Waals surface area contributed by atoms with Crippen molar-refractivity contribution in [3.8, 4) is 0 Å². The Balaban J connectivity index is 2.35. The van der Waals surface area contributed by atoms with Gasteiger partial charge in [-0.05, 0) is 6.07 Å². The summed E-state index contributed by atoms with van der Waals surface area (Å²) in [6.45, 7) is 0. The predicted molar refractivity (Wildman–Crippen MR) is 66.8 cm³/mol. The molecule has 9 heteroatoms. The van der Waals surface area contributed by atoms with Crippen LogP contribution in [-0.4, -0.2) is 31.9 Å². The molecule has 9 nitrogen and oxygen atoms in total. The van der Waals surface area contributed by atoms with Gasteiger partial charge in [0.1, 0.15) is 5.69 Å². The molecule has 102 valence electrons. The van der Waals surface area contributed by atoms with Crippen molar-refractivity contribution in [2.24, 2.45) is 0 Å². The van der Waals surface area contributed by atoms with Crippen molar-refractivity contribution in [3.63, 3.8) is 0 Å². The normalized spacial score (nSPS) is 10.0. The number of H-pyrrole nitrogens is 2. The standard InChI is InChI=1S/C11H8N4O5/c16-8-3-6(14-11(20)15-8)9(17)13-7-4-12-2-1-5(7)10(18)19/h1-4H,(H,13,17)(H,18,19)(H2,14,15,16,20). The van der Waals surface area contributed by atoms with Crippen molar-refractivity contribution in [2.45, 2.75) is 0 Å². The summed E-state index contributed by atoms with van der Waals surface area (Å²) in [6, 6.07) is 2.09. The zero-order valence-corrected chi connectivity index (χ0v) is 9.84. The zero-order chi connectivity index (χ0) is 14.7. The van der Waals surface area contributed by atoms with Crippen LogP contribution in [0.4, 0.5) is 5.69 Å². The lowest BCUT2D eigenvalue weighted by Crippen LogP contribution is -2.27. The van der Waals surface area contributed by atoms with Gasteiger partial charge in [-0.2, -0.15) is 0 Å². The summed E-state index contributed by atoms with van der Waals surface area (Å²) in [5, 5.41) is 11.2. The number of anilines is 1. The Labute approximate surface area is 110 Å². The maximum absolute atomic E-state index is 11.8. The van der Waals surface area contributed by atoms with Crippen molar-refractivity contribution in [3.05, 3.63) is 56.6 Å². The molecule has 0 bridgehead atoms. The minimum atomic E-state index is -1.25. The van der Waals surface area contributed by atoms with E-state index in [4.69, 9.17) is 5.11 Å². The van der Waals surface area contributed by atoms with Crippen molar-refractivity contribution < 1.29 is 14.7 Å². The Hall–Kier alpha value is -3.23. The van der Waals surface area contributed by atoms with Gasteiger partial charge in [-0.25, -0.2) is 9.59 Å². The molecule has 0 aliphatic carbocycles. The lowest BCUT2D eigenvalue weighted by Gasteiger charge is -2.07. The van der Waals surface area contributed by atoms with Gasteiger partial charge in [0, 0.05) is 12.3 Å². The summed E-state index contributed by atoms with van der Waals surface area (Å²) in [5.41, 5.74) is -2.10. The fourth-order valence-electron chi connectivity index (χ4n) is 1.46. The maximum Gasteiger partial charge on any atom is 0.337 e. The smallest absolute Gasteiger partial charge is 0.337 e. The Morgan fingerprint density at radius 1 is 1.25 bits per heavy atom. The minimum Gasteiger partial charge on any atom is -0.478 e. The summed E-state index contributed by atoms with van der Waals surface area (Å²) in [7, 11) is 0. The Morgan fingerprint density at radius 2 is 2.00 bits per heavy atom. The number of aromatic nitrogens is 3. The van der Waals surface area contributed by atoms with Crippen LogP contribution in [0.5, 0.6) is 0 Å². The van der Waals surface area contributed by atoms with Crippen LogP contribution in [0.1, 0.15) is 20.8 Å². The maximum atomic E-state index is 11.8. The first kappa shape index (κ1) is 13.2. The summed E-state index contributed by atoms with van der Waals surface area (Å²) in [4.78, 5) is 52.6. The summed E-state index contributed by atoms with van der Waals surface area (Å²) >= 11 is 0. The van der Waals surface area contributed by atoms with Crippen LogP contribution in [0.25, 0.3) is 0 Å². The summed E-state index contributed by atoms with van der Waals surface area (Å²) in [6.07, 6.45) is 2.40. The highest BCUT2D eigenvalue weighted by atomic mass is 16.4. The van der Waals surface area contributed by atoms with Crippen molar-refractivity contribution in [1.82, 2.24) is 15.0 Å². The number of amides is 1. The molecule has 0 aromatic carbocycles. The lowest BCUT2D eigenvalue weighted by molar-refractivity contribution is 0.0698. The topological polar surface area (TPSA) is 145 Å². The Bertz CT molecular complexity index is 763. The van der Waals surface area contributed by atoms with Crippen LogP contribution in [0.2, 0.25) is 0 Å². The molecule has 0 saturated carbocycles. The predicted octanol–water partition coefficient (Wildman–Crippen LogP) is -0.591. The van der Waals surface area contributed by atoms with Gasteiger partial charge in [-0.15, -0.1) is 0 Å². The molecule has 0 aliphatic rings. The number of carboxylic acid groups (broad SMARTS) is 1. The van der Waals surface area contributed by atoms with E-state index in [-0.39, 0.29) is 16.9 Å². The largest absolute Gasteiger partial charge is 0.478 e. The number of aromatic carboxylic acids is 1. The quantitative estimate of drug-likeness (QED) is 0.589. The van der Waals surface area contributed by atoms with E-state index in [9.17, 15) is 19.2 Å². The van der Waals surface area contributed by atoms with Crippen LogP contribution in [-0.2, 0) is 0 Å². The molecule has 0 spiro atoms. The second kappa shape index (κ2) is 5.18. The van der Waals surface area contributed by atoms with Crippen LogP contribution in [0, 0.1) is 0 Å². The van der Waals surface area contributed by atoms with Gasteiger partial charge in [-0.3, -0.25) is 19.6 Å². The van der Waals surface area contributed by atoms with E-state index in [1.165, 1.54) is 12.3 Å². The lowest BCUT2D eigenvalue weighted by atomic mass is 10.2. The van der Waals surface area contributed by atoms with Crippen molar-refractivity contribution >= 4 is 17.6 Å². The van der Waals surface area contributed by atoms with Gasteiger partial charge in [0.2, 0.25) is 0 Å². The third-order valence-electron chi connectivity index (χ3n) is 2.30. The van der Waals surface area contributed by atoms with Crippen LogP contribution in [0.3, 0.4) is 0 Å². The second-order valence-corrected chi connectivity index (χ2v) is 3.68. The number of nitrogens with one attached hydrogen (secondary N) is 3. The molecular formula is C11H8N4O5. The molecule has 4 N–H and O–H groups in total. The van der Waals surface area contributed by atoms with Crippen LogP contribution < -0.4 is 16.6 Å². The Kier molecular flexibility index (Phi) is 3.42. The highest BCUT2D eigenvalue weighted by molar-refractivity contribution is 6.06. The first-order valence-electron chi connectivity index (χ1n) is 5.29. The zero-order valence-electron chi connectivity index (χ0n) is 9.84.